The molecule has 2 aliphatic rings. The van der Waals surface area contributed by atoms with Crippen LogP contribution in [-0.4, -0.2) is 4.98 Å². The SMILES string of the molecule is CCc1ncc[n+](C)c1-c1cc2c(cc1C)-c1ccccc1C21c2ccccc2-c2ccccc21. The van der Waals surface area contributed by atoms with Gasteiger partial charge in [-0.1, -0.05) is 85.8 Å². The van der Waals surface area contributed by atoms with Gasteiger partial charge in [0.1, 0.15) is 12.7 Å². The van der Waals surface area contributed by atoms with E-state index < -0.39 is 0 Å². The minimum Gasteiger partial charge on any atom is -0.248 e. The molecule has 0 N–H and O–H groups in total. The lowest BCUT2D eigenvalue weighted by Gasteiger charge is -2.30. The first-order valence-corrected chi connectivity index (χ1v) is 12.4. The predicted molar refractivity (Wildman–Crippen MR) is 141 cm³/mol. The molecule has 2 nitrogen and oxygen atoms in total. The molecule has 4 aromatic carbocycles. The van der Waals surface area contributed by atoms with Crippen LogP contribution in [0.3, 0.4) is 0 Å². The monoisotopic (exact) mass is 451 g/mol. The summed E-state index contributed by atoms with van der Waals surface area (Å²) in [4.78, 5) is 4.75. The molecule has 7 rings (SSSR count). The van der Waals surface area contributed by atoms with Crippen molar-refractivity contribution in [3.05, 3.63) is 131 Å². The van der Waals surface area contributed by atoms with Crippen LogP contribution in [0.5, 0.6) is 0 Å². The van der Waals surface area contributed by atoms with Gasteiger partial charge in [-0.15, -0.1) is 0 Å². The van der Waals surface area contributed by atoms with E-state index in [9.17, 15) is 0 Å². The summed E-state index contributed by atoms with van der Waals surface area (Å²) < 4.78 is 2.23. The Labute approximate surface area is 206 Å². The van der Waals surface area contributed by atoms with E-state index in [0.717, 1.165) is 12.1 Å². The van der Waals surface area contributed by atoms with E-state index in [2.05, 4.69) is 117 Å². The van der Waals surface area contributed by atoms with Gasteiger partial charge in [-0.05, 0) is 69.5 Å². The fraction of sp³-hybridized carbons (Fsp3) is 0.152. The van der Waals surface area contributed by atoms with Crippen molar-refractivity contribution in [3.63, 3.8) is 0 Å². The maximum absolute atomic E-state index is 4.75. The summed E-state index contributed by atoms with van der Waals surface area (Å²) in [5.74, 6) is 0. The van der Waals surface area contributed by atoms with Crippen LogP contribution in [0.4, 0.5) is 0 Å². The minimum absolute atomic E-state index is 0.311. The van der Waals surface area contributed by atoms with Gasteiger partial charge in [0.15, 0.2) is 6.20 Å². The number of aromatic nitrogens is 2. The fourth-order valence-electron chi connectivity index (χ4n) is 6.67. The summed E-state index contributed by atoms with van der Waals surface area (Å²) in [6.07, 6.45) is 4.87. The molecular weight excluding hydrogens is 424 g/mol. The molecule has 0 amide bonds. The maximum atomic E-state index is 4.75. The maximum Gasteiger partial charge on any atom is 0.234 e. The zero-order chi connectivity index (χ0) is 23.7. The van der Waals surface area contributed by atoms with Crippen molar-refractivity contribution in [2.45, 2.75) is 25.7 Å². The number of benzene rings is 4. The van der Waals surface area contributed by atoms with Crippen LogP contribution in [0, 0.1) is 6.92 Å². The van der Waals surface area contributed by atoms with Gasteiger partial charge in [-0.2, -0.15) is 4.57 Å². The van der Waals surface area contributed by atoms with Crippen molar-refractivity contribution >= 4 is 0 Å². The third kappa shape index (κ3) is 2.49. The van der Waals surface area contributed by atoms with E-state index in [1.54, 1.807) is 0 Å². The zero-order valence-corrected chi connectivity index (χ0v) is 20.3. The number of fused-ring (bicyclic) bond motifs is 10. The van der Waals surface area contributed by atoms with E-state index in [1.165, 1.54) is 61.3 Å². The highest BCUT2D eigenvalue weighted by molar-refractivity contribution is 5.96. The molecule has 1 aromatic heterocycles. The third-order valence-corrected chi connectivity index (χ3v) is 8.08. The standard InChI is InChI=1S/C33H27N2/c1-4-31-32(35(3)18-17-34-31)25-20-30-26(19-21(25)2)24-13-7-10-16-29(24)33(30)27-14-8-5-11-22(27)23-12-6-9-15-28(23)33/h5-20H,4H2,1-3H3/q+1. The van der Waals surface area contributed by atoms with Gasteiger partial charge >= 0.3 is 0 Å². The number of hydrogen-bond acceptors (Lipinski definition) is 1. The highest BCUT2D eigenvalue weighted by Gasteiger charge is 2.51. The first-order valence-electron chi connectivity index (χ1n) is 12.4. The summed E-state index contributed by atoms with van der Waals surface area (Å²) in [5.41, 5.74) is 15.5. The number of hydrogen-bond donors (Lipinski definition) is 0. The molecule has 0 atom stereocenters. The van der Waals surface area contributed by atoms with Crippen molar-refractivity contribution in [3.8, 4) is 33.5 Å². The summed E-state index contributed by atoms with van der Waals surface area (Å²) >= 11 is 0. The van der Waals surface area contributed by atoms with Gasteiger partial charge < -0.3 is 0 Å². The molecule has 0 saturated carbocycles. The molecule has 2 aliphatic carbocycles. The van der Waals surface area contributed by atoms with Gasteiger partial charge in [0.05, 0.1) is 17.2 Å². The Morgan fingerprint density at radius 1 is 0.686 bits per heavy atom. The Hall–Kier alpha value is -4.04. The quantitative estimate of drug-likeness (QED) is 0.265. The second-order valence-electron chi connectivity index (χ2n) is 9.79. The lowest BCUT2D eigenvalue weighted by atomic mass is 9.70. The average Bonchev–Trinajstić information content (AvgIpc) is 3.35. The molecule has 0 bridgehead atoms. The number of aryl methyl sites for hydroxylation is 3. The van der Waals surface area contributed by atoms with E-state index in [-0.39, 0.29) is 5.41 Å². The molecular formula is C33H27N2+. The normalized spacial score (nSPS) is 13.9. The van der Waals surface area contributed by atoms with Gasteiger partial charge in [-0.25, -0.2) is 4.98 Å². The molecule has 0 saturated heterocycles. The summed E-state index contributed by atoms with van der Waals surface area (Å²) in [7, 11) is 2.13. The minimum atomic E-state index is -0.311. The molecule has 0 unspecified atom stereocenters. The van der Waals surface area contributed by atoms with Gasteiger partial charge in [0.2, 0.25) is 5.69 Å². The van der Waals surface area contributed by atoms with Crippen LogP contribution in [0.2, 0.25) is 0 Å². The van der Waals surface area contributed by atoms with Crippen LogP contribution >= 0.6 is 0 Å². The van der Waals surface area contributed by atoms with Crippen LogP contribution in [0.15, 0.2) is 97.3 Å². The Kier molecular flexibility index (Phi) is 4.20. The molecule has 168 valence electrons. The van der Waals surface area contributed by atoms with Crippen molar-refractivity contribution in [1.82, 2.24) is 4.98 Å². The molecule has 1 heterocycles. The summed E-state index contributed by atoms with van der Waals surface area (Å²) in [6.45, 7) is 4.43. The van der Waals surface area contributed by atoms with E-state index in [1.807, 2.05) is 6.20 Å². The molecule has 0 aliphatic heterocycles. The van der Waals surface area contributed by atoms with Crippen molar-refractivity contribution in [2.24, 2.45) is 7.05 Å². The number of nitrogens with zero attached hydrogens (tertiary/aromatic N) is 2. The fourth-order valence-corrected chi connectivity index (χ4v) is 6.67. The highest BCUT2D eigenvalue weighted by atomic mass is 15.0. The molecule has 1 spiro atoms. The lowest BCUT2D eigenvalue weighted by Crippen LogP contribution is -2.33. The van der Waals surface area contributed by atoms with E-state index >= 15 is 0 Å². The van der Waals surface area contributed by atoms with E-state index in [4.69, 9.17) is 4.98 Å². The first kappa shape index (κ1) is 20.3. The van der Waals surface area contributed by atoms with Gasteiger partial charge in [-0.3, -0.25) is 0 Å². The Morgan fingerprint density at radius 2 is 1.23 bits per heavy atom. The predicted octanol–water partition coefficient (Wildman–Crippen LogP) is 6.79. The topological polar surface area (TPSA) is 16.8 Å². The third-order valence-electron chi connectivity index (χ3n) is 8.08. The van der Waals surface area contributed by atoms with Crippen LogP contribution in [0.1, 0.15) is 40.4 Å². The molecule has 0 fully saturated rings. The van der Waals surface area contributed by atoms with Gasteiger partial charge in [0, 0.05) is 0 Å². The highest BCUT2D eigenvalue weighted by Crippen LogP contribution is 2.63. The molecule has 5 aromatic rings. The largest absolute Gasteiger partial charge is 0.248 e. The van der Waals surface area contributed by atoms with Crippen molar-refractivity contribution < 1.29 is 4.57 Å². The zero-order valence-electron chi connectivity index (χ0n) is 20.3. The summed E-state index contributed by atoms with van der Waals surface area (Å²) in [6, 6.07) is 31.9. The Bertz CT molecular complexity index is 1610. The second kappa shape index (κ2) is 7.23. The molecule has 2 heteroatoms. The second-order valence-corrected chi connectivity index (χ2v) is 9.79. The van der Waals surface area contributed by atoms with Crippen LogP contribution in [-0.2, 0) is 18.9 Å². The Morgan fingerprint density at radius 3 is 1.80 bits per heavy atom. The lowest BCUT2D eigenvalue weighted by molar-refractivity contribution is -0.661. The molecule has 0 radical (unpaired) electrons. The van der Waals surface area contributed by atoms with Crippen molar-refractivity contribution in [2.75, 3.05) is 0 Å². The smallest absolute Gasteiger partial charge is 0.234 e. The van der Waals surface area contributed by atoms with Crippen LogP contribution in [0.25, 0.3) is 33.5 Å². The Balaban J connectivity index is 1.65. The molecule has 35 heavy (non-hydrogen) atoms. The first-order chi connectivity index (χ1) is 17.2. The number of rotatable bonds is 2. The van der Waals surface area contributed by atoms with Crippen molar-refractivity contribution in [1.29, 1.82) is 0 Å². The van der Waals surface area contributed by atoms with Gasteiger partial charge in [0.25, 0.3) is 0 Å². The average molecular weight is 452 g/mol. The summed E-state index contributed by atoms with van der Waals surface area (Å²) in [5, 5.41) is 0. The van der Waals surface area contributed by atoms with Crippen LogP contribution < -0.4 is 4.57 Å². The van der Waals surface area contributed by atoms with E-state index in [0.29, 0.717) is 0 Å².